The molecule has 6 heteroatoms. The van der Waals surface area contributed by atoms with Crippen LogP contribution < -0.4 is 9.47 Å². The van der Waals surface area contributed by atoms with E-state index in [-0.39, 0.29) is 12.5 Å². The van der Waals surface area contributed by atoms with Crippen LogP contribution in [0.3, 0.4) is 0 Å². The standard InChI is InChI=1S/C16H23NO5/c1-4-9-17(11-15(18)19)16(20)12-7-8-13(21-5-2)14(10-12)22-6-3/h7-8,10H,4-6,9,11H2,1-3H3,(H,18,19). The number of benzene rings is 1. The summed E-state index contributed by atoms with van der Waals surface area (Å²) < 4.78 is 10.9. The average Bonchev–Trinajstić information content (AvgIpc) is 2.48. The monoisotopic (exact) mass is 309 g/mol. The molecule has 1 amide bonds. The van der Waals surface area contributed by atoms with Crippen molar-refractivity contribution in [3.05, 3.63) is 23.8 Å². The van der Waals surface area contributed by atoms with Gasteiger partial charge >= 0.3 is 5.97 Å². The normalized spacial score (nSPS) is 10.1. The summed E-state index contributed by atoms with van der Waals surface area (Å²) in [5.74, 6) is -0.297. The van der Waals surface area contributed by atoms with Crippen molar-refractivity contribution in [1.82, 2.24) is 4.90 Å². The summed E-state index contributed by atoms with van der Waals surface area (Å²) in [5, 5.41) is 8.92. The van der Waals surface area contributed by atoms with Crippen molar-refractivity contribution in [1.29, 1.82) is 0 Å². The number of carbonyl (C=O) groups is 2. The van der Waals surface area contributed by atoms with Crippen molar-refractivity contribution in [2.75, 3.05) is 26.3 Å². The molecule has 1 N–H and O–H groups in total. The Morgan fingerprint density at radius 3 is 2.27 bits per heavy atom. The Hall–Kier alpha value is -2.24. The van der Waals surface area contributed by atoms with Gasteiger partial charge in [0.15, 0.2) is 11.5 Å². The molecule has 0 fully saturated rings. The Kier molecular flexibility index (Phi) is 7.22. The van der Waals surface area contributed by atoms with E-state index in [0.29, 0.717) is 43.2 Å². The van der Waals surface area contributed by atoms with Gasteiger partial charge in [-0.15, -0.1) is 0 Å². The minimum atomic E-state index is -1.03. The first kappa shape index (κ1) is 17.8. The highest BCUT2D eigenvalue weighted by Gasteiger charge is 2.19. The van der Waals surface area contributed by atoms with Gasteiger partial charge in [0.25, 0.3) is 5.91 Å². The fourth-order valence-corrected chi connectivity index (χ4v) is 2.05. The van der Waals surface area contributed by atoms with Crippen molar-refractivity contribution in [3.8, 4) is 11.5 Å². The van der Waals surface area contributed by atoms with Gasteiger partial charge in [-0.05, 0) is 38.5 Å². The van der Waals surface area contributed by atoms with Crippen LogP contribution >= 0.6 is 0 Å². The molecular formula is C16H23NO5. The van der Waals surface area contributed by atoms with Crippen molar-refractivity contribution < 1.29 is 24.2 Å². The SMILES string of the molecule is CCCN(CC(=O)O)C(=O)c1ccc(OCC)c(OCC)c1. The number of amides is 1. The summed E-state index contributed by atoms with van der Waals surface area (Å²) in [4.78, 5) is 24.7. The Balaban J connectivity index is 3.04. The average molecular weight is 309 g/mol. The van der Waals surface area contributed by atoms with Crippen LogP contribution in [-0.4, -0.2) is 48.2 Å². The van der Waals surface area contributed by atoms with Crippen LogP contribution in [-0.2, 0) is 4.79 Å². The molecule has 0 aliphatic rings. The minimum absolute atomic E-state index is 0.316. The van der Waals surface area contributed by atoms with Crippen molar-refractivity contribution in [2.45, 2.75) is 27.2 Å². The fraction of sp³-hybridized carbons (Fsp3) is 0.500. The molecule has 6 nitrogen and oxygen atoms in total. The van der Waals surface area contributed by atoms with E-state index in [1.165, 1.54) is 4.90 Å². The highest BCUT2D eigenvalue weighted by Crippen LogP contribution is 2.29. The summed E-state index contributed by atoms with van der Waals surface area (Å²) >= 11 is 0. The third-order valence-electron chi connectivity index (χ3n) is 2.90. The van der Waals surface area contributed by atoms with E-state index in [1.54, 1.807) is 18.2 Å². The summed E-state index contributed by atoms with van der Waals surface area (Å²) in [6, 6.07) is 4.90. The largest absolute Gasteiger partial charge is 0.490 e. The predicted octanol–water partition coefficient (Wildman–Crippen LogP) is 2.42. The molecule has 0 unspecified atom stereocenters. The van der Waals surface area contributed by atoms with Crippen LogP contribution in [0, 0.1) is 0 Å². The van der Waals surface area contributed by atoms with E-state index in [9.17, 15) is 9.59 Å². The number of carboxylic acids is 1. The molecule has 0 bridgehead atoms. The number of aliphatic carboxylic acids is 1. The first-order chi connectivity index (χ1) is 10.5. The zero-order valence-electron chi connectivity index (χ0n) is 13.3. The van der Waals surface area contributed by atoms with Crippen LogP contribution in [0.25, 0.3) is 0 Å². The second-order valence-corrected chi connectivity index (χ2v) is 4.65. The van der Waals surface area contributed by atoms with Gasteiger partial charge in [0.1, 0.15) is 6.54 Å². The van der Waals surface area contributed by atoms with E-state index >= 15 is 0 Å². The summed E-state index contributed by atoms with van der Waals surface area (Å²) in [7, 11) is 0. The maximum absolute atomic E-state index is 12.5. The molecule has 0 aromatic heterocycles. The lowest BCUT2D eigenvalue weighted by Gasteiger charge is -2.20. The molecule has 122 valence electrons. The van der Waals surface area contributed by atoms with Crippen LogP contribution in [0.4, 0.5) is 0 Å². The number of ether oxygens (including phenoxy) is 2. The lowest BCUT2D eigenvalue weighted by atomic mass is 10.1. The van der Waals surface area contributed by atoms with Crippen LogP contribution in [0.15, 0.2) is 18.2 Å². The molecule has 0 atom stereocenters. The molecule has 0 aliphatic heterocycles. The first-order valence-electron chi connectivity index (χ1n) is 7.44. The zero-order chi connectivity index (χ0) is 16.5. The quantitative estimate of drug-likeness (QED) is 0.758. The molecule has 0 radical (unpaired) electrons. The summed E-state index contributed by atoms with van der Waals surface area (Å²) in [6.45, 7) is 6.63. The van der Waals surface area contributed by atoms with Gasteiger partial charge < -0.3 is 19.5 Å². The molecule has 0 saturated heterocycles. The Morgan fingerprint density at radius 2 is 1.73 bits per heavy atom. The smallest absolute Gasteiger partial charge is 0.323 e. The van der Waals surface area contributed by atoms with Crippen molar-refractivity contribution in [2.24, 2.45) is 0 Å². The molecular weight excluding hydrogens is 286 g/mol. The van der Waals surface area contributed by atoms with Gasteiger partial charge in [0.05, 0.1) is 13.2 Å². The number of hydrogen-bond donors (Lipinski definition) is 1. The van der Waals surface area contributed by atoms with Gasteiger partial charge in [-0.3, -0.25) is 9.59 Å². The van der Waals surface area contributed by atoms with Gasteiger partial charge in [0, 0.05) is 12.1 Å². The summed E-state index contributed by atoms with van der Waals surface area (Å²) in [6.07, 6.45) is 0.689. The van der Waals surface area contributed by atoms with Crippen LogP contribution in [0.2, 0.25) is 0 Å². The Bertz CT molecular complexity index is 515. The van der Waals surface area contributed by atoms with Gasteiger partial charge in [-0.1, -0.05) is 6.92 Å². The molecule has 1 aromatic rings. The van der Waals surface area contributed by atoms with E-state index in [0.717, 1.165) is 0 Å². The number of nitrogens with zero attached hydrogens (tertiary/aromatic N) is 1. The minimum Gasteiger partial charge on any atom is -0.490 e. The fourth-order valence-electron chi connectivity index (χ4n) is 2.05. The highest BCUT2D eigenvalue weighted by molar-refractivity contribution is 5.96. The van der Waals surface area contributed by atoms with Gasteiger partial charge in [-0.25, -0.2) is 0 Å². The molecule has 0 spiro atoms. The molecule has 0 saturated carbocycles. The molecule has 0 heterocycles. The molecule has 0 aliphatic carbocycles. The highest BCUT2D eigenvalue weighted by atomic mass is 16.5. The first-order valence-corrected chi connectivity index (χ1v) is 7.44. The second kappa shape index (κ2) is 8.92. The van der Waals surface area contributed by atoms with Crippen molar-refractivity contribution in [3.63, 3.8) is 0 Å². The predicted molar refractivity (Wildman–Crippen MR) is 82.6 cm³/mol. The zero-order valence-corrected chi connectivity index (χ0v) is 13.3. The number of carboxylic acid groups (broad SMARTS) is 1. The third-order valence-corrected chi connectivity index (χ3v) is 2.90. The van der Waals surface area contributed by atoms with Crippen LogP contribution in [0.1, 0.15) is 37.6 Å². The molecule has 22 heavy (non-hydrogen) atoms. The van der Waals surface area contributed by atoms with Crippen LogP contribution in [0.5, 0.6) is 11.5 Å². The number of hydrogen-bond acceptors (Lipinski definition) is 4. The van der Waals surface area contributed by atoms with Gasteiger partial charge in [-0.2, -0.15) is 0 Å². The van der Waals surface area contributed by atoms with Gasteiger partial charge in [0.2, 0.25) is 0 Å². The topological polar surface area (TPSA) is 76.1 Å². The molecule has 1 aromatic carbocycles. The maximum atomic E-state index is 12.5. The van der Waals surface area contributed by atoms with E-state index in [2.05, 4.69) is 0 Å². The molecule has 1 rings (SSSR count). The second-order valence-electron chi connectivity index (χ2n) is 4.65. The Morgan fingerprint density at radius 1 is 1.09 bits per heavy atom. The van der Waals surface area contributed by atoms with E-state index in [1.807, 2.05) is 20.8 Å². The van der Waals surface area contributed by atoms with E-state index in [4.69, 9.17) is 14.6 Å². The number of rotatable bonds is 9. The summed E-state index contributed by atoms with van der Waals surface area (Å²) in [5.41, 5.74) is 0.390. The maximum Gasteiger partial charge on any atom is 0.323 e. The number of carbonyl (C=O) groups excluding carboxylic acids is 1. The lowest BCUT2D eigenvalue weighted by molar-refractivity contribution is -0.137. The Labute approximate surface area is 130 Å². The van der Waals surface area contributed by atoms with E-state index < -0.39 is 5.97 Å². The van der Waals surface area contributed by atoms with Crippen molar-refractivity contribution >= 4 is 11.9 Å². The lowest BCUT2D eigenvalue weighted by Crippen LogP contribution is -2.36. The third kappa shape index (κ3) is 4.95.